The van der Waals surface area contributed by atoms with Crippen LogP contribution >= 0.6 is 0 Å². The fourth-order valence-electron chi connectivity index (χ4n) is 2.98. The van der Waals surface area contributed by atoms with E-state index in [9.17, 15) is 9.50 Å². The van der Waals surface area contributed by atoms with Gasteiger partial charge in [0.1, 0.15) is 5.82 Å². The quantitative estimate of drug-likeness (QED) is 0.790. The molecule has 2 nitrogen and oxygen atoms in total. The topological polar surface area (TPSA) is 29.5 Å². The van der Waals surface area contributed by atoms with Crippen LogP contribution in [0.5, 0.6) is 0 Å². The van der Waals surface area contributed by atoms with E-state index >= 15 is 0 Å². The number of benzene rings is 1. The first-order chi connectivity index (χ1) is 7.67. The van der Waals surface area contributed by atoms with E-state index in [1.165, 1.54) is 6.07 Å². The third-order valence-corrected chi connectivity index (χ3v) is 3.70. The minimum absolute atomic E-state index is 0.100. The molecule has 2 aliphatic rings. The van der Waals surface area contributed by atoms with E-state index in [0.717, 1.165) is 12.8 Å². The van der Waals surface area contributed by atoms with E-state index < -0.39 is 5.60 Å². The van der Waals surface area contributed by atoms with E-state index in [1.807, 2.05) is 0 Å². The van der Waals surface area contributed by atoms with Gasteiger partial charge in [-0.05, 0) is 18.9 Å². The lowest BCUT2D eigenvalue weighted by Crippen LogP contribution is -2.39. The SMILES string of the molecule is OC1(c2ccccc2F)CC2CCC(C1)O2. The van der Waals surface area contributed by atoms with Crippen LogP contribution in [-0.4, -0.2) is 17.3 Å². The maximum Gasteiger partial charge on any atom is 0.129 e. The highest BCUT2D eigenvalue weighted by Crippen LogP contribution is 2.44. The predicted molar refractivity (Wildman–Crippen MR) is 57.4 cm³/mol. The van der Waals surface area contributed by atoms with Crippen molar-refractivity contribution < 1.29 is 14.2 Å². The Balaban J connectivity index is 1.96. The summed E-state index contributed by atoms with van der Waals surface area (Å²) >= 11 is 0. The number of fused-ring (bicyclic) bond motifs is 2. The van der Waals surface area contributed by atoms with Gasteiger partial charge in [0.15, 0.2) is 0 Å². The lowest BCUT2D eigenvalue weighted by molar-refractivity contribution is -0.116. The van der Waals surface area contributed by atoms with Crippen molar-refractivity contribution in [3.63, 3.8) is 0 Å². The Labute approximate surface area is 94.0 Å². The molecule has 2 atom stereocenters. The standard InChI is InChI=1S/C13H15FO2/c14-12-4-2-1-3-11(12)13(15)7-9-5-6-10(8-13)16-9/h1-4,9-10,15H,5-8H2. The van der Waals surface area contributed by atoms with Crippen molar-refractivity contribution in [2.45, 2.75) is 43.5 Å². The monoisotopic (exact) mass is 222 g/mol. The second-order valence-electron chi connectivity index (χ2n) is 4.88. The van der Waals surface area contributed by atoms with Gasteiger partial charge in [-0.15, -0.1) is 0 Å². The molecule has 0 aliphatic carbocycles. The van der Waals surface area contributed by atoms with Crippen molar-refractivity contribution >= 4 is 0 Å². The number of rotatable bonds is 1. The lowest BCUT2D eigenvalue weighted by atomic mass is 9.83. The Bertz CT molecular complexity index is 393. The van der Waals surface area contributed by atoms with Gasteiger partial charge in [-0.2, -0.15) is 0 Å². The van der Waals surface area contributed by atoms with Gasteiger partial charge < -0.3 is 9.84 Å². The van der Waals surface area contributed by atoms with Crippen LogP contribution < -0.4 is 0 Å². The van der Waals surface area contributed by atoms with E-state index in [-0.39, 0.29) is 18.0 Å². The average Bonchev–Trinajstić information content (AvgIpc) is 2.59. The summed E-state index contributed by atoms with van der Waals surface area (Å²) in [5.41, 5.74) is -0.606. The average molecular weight is 222 g/mol. The fraction of sp³-hybridized carbons (Fsp3) is 0.538. The van der Waals surface area contributed by atoms with Gasteiger partial charge in [0, 0.05) is 18.4 Å². The van der Waals surface area contributed by atoms with Crippen LogP contribution in [0.4, 0.5) is 4.39 Å². The normalized spacial score (nSPS) is 37.6. The summed E-state index contributed by atoms with van der Waals surface area (Å²) in [7, 11) is 0. The molecule has 16 heavy (non-hydrogen) atoms. The minimum atomic E-state index is -1.03. The highest BCUT2D eigenvalue weighted by molar-refractivity contribution is 5.25. The van der Waals surface area contributed by atoms with E-state index in [2.05, 4.69) is 0 Å². The van der Waals surface area contributed by atoms with Crippen molar-refractivity contribution in [3.8, 4) is 0 Å². The Morgan fingerprint density at radius 3 is 2.44 bits per heavy atom. The first kappa shape index (κ1) is 10.2. The molecule has 0 radical (unpaired) electrons. The summed E-state index contributed by atoms with van der Waals surface area (Å²) < 4.78 is 19.4. The minimum Gasteiger partial charge on any atom is -0.385 e. The van der Waals surface area contributed by atoms with Crippen molar-refractivity contribution in [2.24, 2.45) is 0 Å². The smallest absolute Gasteiger partial charge is 0.129 e. The molecule has 0 amide bonds. The molecule has 0 spiro atoms. The number of halogens is 1. The summed E-state index contributed by atoms with van der Waals surface area (Å²) in [5.74, 6) is -0.314. The van der Waals surface area contributed by atoms with E-state index in [1.54, 1.807) is 18.2 Å². The van der Waals surface area contributed by atoms with E-state index in [4.69, 9.17) is 4.74 Å². The zero-order chi connectivity index (χ0) is 11.2. The lowest BCUT2D eigenvalue weighted by Gasteiger charge is -2.36. The molecule has 3 rings (SSSR count). The van der Waals surface area contributed by atoms with Crippen molar-refractivity contribution in [1.82, 2.24) is 0 Å². The first-order valence-corrected chi connectivity index (χ1v) is 5.80. The number of hydrogen-bond acceptors (Lipinski definition) is 2. The molecule has 2 fully saturated rings. The molecule has 86 valence electrons. The molecule has 0 aromatic heterocycles. The molecule has 2 heterocycles. The molecule has 1 aromatic carbocycles. The maximum absolute atomic E-state index is 13.7. The van der Waals surface area contributed by atoms with Crippen molar-refractivity contribution in [1.29, 1.82) is 0 Å². The molecule has 2 bridgehead atoms. The van der Waals surface area contributed by atoms with Gasteiger partial charge in [-0.3, -0.25) is 0 Å². The summed E-state index contributed by atoms with van der Waals surface area (Å²) in [6.07, 6.45) is 3.21. The Morgan fingerprint density at radius 1 is 1.19 bits per heavy atom. The van der Waals surface area contributed by atoms with Crippen LogP contribution in [0.3, 0.4) is 0 Å². The summed E-state index contributed by atoms with van der Waals surface area (Å²) in [4.78, 5) is 0. The first-order valence-electron chi connectivity index (χ1n) is 5.80. The molecular formula is C13H15FO2. The molecular weight excluding hydrogens is 207 g/mol. The number of hydrogen-bond donors (Lipinski definition) is 1. The Morgan fingerprint density at radius 2 is 1.81 bits per heavy atom. The number of ether oxygens (including phenoxy) is 1. The zero-order valence-electron chi connectivity index (χ0n) is 9.03. The summed E-state index contributed by atoms with van der Waals surface area (Å²) in [6.45, 7) is 0. The van der Waals surface area contributed by atoms with Crippen LogP contribution in [0.15, 0.2) is 24.3 Å². The Kier molecular flexibility index (Phi) is 2.26. The molecule has 1 aromatic rings. The second kappa shape index (κ2) is 3.54. The predicted octanol–water partition coefficient (Wildman–Crippen LogP) is 2.35. The summed E-state index contributed by atoms with van der Waals surface area (Å²) in [5, 5.41) is 10.6. The number of aliphatic hydroxyl groups is 1. The molecule has 2 unspecified atom stereocenters. The molecule has 1 N–H and O–H groups in total. The largest absolute Gasteiger partial charge is 0.385 e. The summed E-state index contributed by atoms with van der Waals surface area (Å²) in [6, 6.07) is 6.51. The second-order valence-corrected chi connectivity index (χ2v) is 4.88. The van der Waals surface area contributed by atoms with Crippen LogP contribution in [0.1, 0.15) is 31.2 Å². The third-order valence-electron chi connectivity index (χ3n) is 3.70. The molecule has 0 saturated carbocycles. The van der Waals surface area contributed by atoms with Gasteiger partial charge in [0.05, 0.1) is 17.8 Å². The Hall–Kier alpha value is -0.930. The van der Waals surface area contributed by atoms with Gasteiger partial charge in [0.25, 0.3) is 0 Å². The van der Waals surface area contributed by atoms with Gasteiger partial charge in [-0.25, -0.2) is 4.39 Å². The molecule has 3 heteroatoms. The maximum atomic E-state index is 13.7. The molecule has 2 aliphatic heterocycles. The van der Waals surface area contributed by atoms with Crippen molar-refractivity contribution in [2.75, 3.05) is 0 Å². The highest BCUT2D eigenvalue weighted by atomic mass is 19.1. The van der Waals surface area contributed by atoms with Gasteiger partial charge in [-0.1, -0.05) is 18.2 Å². The fourth-order valence-corrected chi connectivity index (χ4v) is 2.98. The van der Waals surface area contributed by atoms with Gasteiger partial charge >= 0.3 is 0 Å². The van der Waals surface area contributed by atoms with Crippen molar-refractivity contribution in [3.05, 3.63) is 35.6 Å². The van der Waals surface area contributed by atoms with E-state index in [0.29, 0.717) is 18.4 Å². The van der Waals surface area contributed by atoms with Crippen LogP contribution in [0, 0.1) is 5.82 Å². The van der Waals surface area contributed by atoms with Crippen LogP contribution in [0.2, 0.25) is 0 Å². The van der Waals surface area contributed by atoms with Gasteiger partial charge in [0.2, 0.25) is 0 Å². The molecule has 2 saturated heterocycles. The zero-order valence-corrected chi connectivity index (χ0v) is 9.03. The van der Waals surface area contributed by atoms with Crippen LogP contribution in [0.25, 0.3) is 0 Å². The third kappa shape index (κ3) is 1.55. The highest BCUT2D eigenvalue weighted by Gasteiger charge is 2.45. The van der Waals surface area contributed by atoms with Crippen LogP contribution in [-0.2, 0) is 10.3 Å².